The Morgan fingerprint density at radius 1 is 1.50 bits per heavy atom. The van der Waals surface area contributed by atoms with E-state index in [2.05, 4.69) is 22.9 Å². The van der Waals surface area contributed by atoms with E-state index >= 15 is 0 Å². The number of hydrogen-bond donors (Lipinski definition) is 1. The first-order valence-electron chi connectivity index (χ1n) is 6.34. The summed E-state index contributed by atoms with van der Waals surface area (Å²) in [4.78, 5) is 24.7. The molecule has 0 heterocycles. The molecule has 0 amide bonds. The van der Waals surface area contributed by atoms with Crippen LogP contribution in [0.3, 0.4) is 0 Å². The summed E-state index contributed by atoms with van der Waals surface area (Å²) in [5.74, 6) is -0.753. The predicted octanol–water partition coefficient (Wildman–Crippen LogP) is 1.04. The van der Waals surface area contributed by atoms with E-state index < -0.39 is 21.3 Å². The minimum absolute atomic E-state index is 0.0116. The molecule has 0 saturated heterocycles. The van der Waals surface area contributed by atoms with Gasteiger partial charge in [-0.1, -0.05) is 22.9 Å². The van der Waals surface area contributed by atoms with Gasteiger partial charge in [0.05, 0.1) is 7.11 Å². The lowest BCUT2D eigenvalue weighted by Gasteiger charge is -2.59. The van der Waals surface area contributed by atoms with Crippen LogP contribution in [0.4, 0.5) is 0 Å². The number of ketones is 1. The molecule has 6 aliphatic rings. The highest BCUT2D eigenvalue weighted by molar-refractivity contribution is 9.10. The summed E-state index contributed by atoms with van der Waals surface area (Å²) < 4.78 is 3.99. The third-order valence-corrected chi connectivity index (χ3v) is 7.52. The van der Waals surface area contributed by atoms with Crippen LogP contribution in [-0.4, -0.2) is 33.9 Å². The van der Waals surface area contributed by atoms with E-state index in [0.29, 0.717) is 12.8 Å². The highest BCUT2D eigenvalue weighted by Crippen LogP contribution is 2.89. The van der Waals surface area contributed by atoms with E-state index in [9.17, 15) is 14.7 Å². The second-order valence-electron chi connectivity index (χ2n) is 6.67. The smallest absolute Gasteiger partial charge is 0.315 e. The molecule has 18 heavy (non-hydrogen) atoms. The largest absolute Gasteiger partial charge is 0.468 e. The lowest BCUT2D eigenvalue weighted by Crippen LogP contribution is -2.69. The Labute approximate surface area is 113 Å². The van der Waals surface area contributed by atoms with E-state index in [1.54, 1.807) is 0 Å². The number of alkyl halides is 1. The van der Waals surface area contributed by atoms with Crippen molar-refractivity contribution >= 4 is 27.7 Å². The van der Waals surface area contributed by atoms with Crippen LogP contribution in [0.15, 0.2) is 0 Å². The number of ether oxygens (including phenoxy) is 1. The van der Waals surface area contributed by atoms with Gasteiger partial charge in [-0.15, -0.1) is 0 Å². The zero-order chi connectivity index (χ0) is 13.1. The van der Waals surface area contributed by atoms with Gasteiger partial charge < -0.3 is 9.84 Å². The summed E-state index contributed by atoms with van der Waals surface area (Å²) in [5, 5.41) is 11.1. The van der Waals surface area contributed by atoms with Crippen molar-refractivity contribution in [1.29, 1.82) is 0 Å². The number of rotatable bonds is 1. The quantitative estimate of drug-likeness (QED) is 0.580. The molecule has 6 fully saturated rings. The first kappa shape index (κ1) is 11.4. The molecule has 0 aliphatic heterocycles. The van der Waals surface area contributed by atoms with Crippen LogP contribution in [0.1, 0.15) is 26.2 Å². The topological polar surface area (TPSA) is 63.6 Å². The first-order chi connectivity index (χ1) is 8.29. The minimum Gasteiger partial charge on any atom is -0.468 e. The van der Waals surface area contributed by atoms with Crippen molar-refractivity contribution in [1.82, 2.24) is 0 Å². The first-order valence-corrected chi connectivity index (χ1v) is 7.13. The fourth-order valence-corrected chi connectivity index (χ4v) is 7.01. The predicted molar refractivity (Wildman–Crippen MR) is 65.0 cm³/mol. The van der Waals surface area contributed by atoms with Crippen LogP contribution < -0.4 is 0 Å². The summed E-state index contributed by atoms with van der Waals surface area (Å²) in [6, 6.07) is 0. The molecule has 6 saturated carbocycles. The number of fused-ring (bicyclic) bond motifs is 1. The molecular formula is C13H15BrO4. The average molecular weight is 315 g/mol. The third-order valence-electron chi connectivity index (χ3n) is 6.20. The Kier molecular flexibility index (Phi) is 1.63. The summed E-state index contributed by atoms with van der Waals surface area (Å²) in [6.45, 7) is 2.14. The number of hydrogen-bond acceptors (Lipinski definition) is 4. The molecule has 6 aliphatic carbocycles. The SMILES string of the molecule is COC(=O)[C@@]12[C@H]3C(=O)[C@]4(Br)C[C@@](C)(CC[C@]14O)[C@H]32. The number of Topliss-reactive ketones (excluding diaryl/α,β-unsaturated/α-hetero) is 1. The summed E-state index contributed by atoms with van der Waals surface area (Å²) >= 11 is 3.49. The molecule has 0 unspecified atom stereocenters. The van der Waals surface area contributed by atoms with Gasteiger partial charge >= 0.3 is 5.97 Å². The van der Waals surface area contributed by atoms with Crippen molar-refractivity contribution in [3.63, 3.8) is 0 Å². The van der Waals surface area contributed by atoms with Crippen molar-refractivity contribution < 1.29 is 19.4 Å². The number of methoxy groups -OCH3 is 1. The van der Waals surface area contributed by atoms with Crippen molar-refractivity contribution in [2.75, 3.05) is 7.11 Å². The van der Waals surface area contributed by atoms with E-state index in [0.717, 1.165) is 6.42 Å². The van der Waals surface area contributed by atoms with Crippen molar-refractivity contribution in [3.05, 3.63) is 0 Å². The molecule has 98 valence electrons. The molecule has 0 radical (unpaired) electrons. The van der Waals surface area contributed by atoms with Crippen molar-refractivity contribution in [2.45, 2.75) is 36.1 Å². The van der Waals surface area contributed by atoms with Gasteiger partial charge in [-0.3, -0.25) is 9.59 Å². The van der Waals surface area contributed by atoms with Crippen molar-refractivity contribution in [2.24, 2.45) is 22.7 Å². The van der Waals surface area contributed by atoms with Crippen LogP contribution in [0.25, 0.3) is 0 Å². The van der Waals surface area contributed by atoms with Crippen LogP contribution in [-0.2, 0) is 14.3 Å². The molecule has 6 atom stereocenters. The Balaban J connectivity index is 2.00. The fraction of sp³-hybridized carbons (Fsp3) is 0.846. The molecule has 6 bridgehead atoms. The number of carbonyl (C=O) groups is 2. The zero-order valence-corrected chi connectivity index (χ0v) is 11.9. The number of halogens is 1. The maximum Gasteiger partial charge on any atom is 0.315 e. The Hall–Kier alpha value is -0.420. The van der Waals surface area contributed by atoms with Gasteiger partial charge in [-0.25, -0.2) is 0 Å². The maximum atomic E-state index is 12.5. The van der Waals surface area contributed by atoms with Crippen LogP contribution in [0, 0.1) is 22.7 Å². The average Bonchev–Trinajstić information content (AvgIpc) is 3.01. The van der Waals surface area contributed by atoms with Crippen molar-refractivity contribution in [3.8, 4) is 0 Å². The lowest BCUT2D eigenvalue weighted by atomic mass is 9.50. The molecule has 0 aromatic heterocycles. The summed E-state index contributed by atoms with van der Waals surface area (Å²) in [6.07, 6.45) is 2.02. The Morgan fingerprint density at radius 3 is 2.78 bits per heavy atom. The van der Waals surface area contributed by atoms with Gasteiger partial charge in [0.15, 0.2) is 5.78 Å². The van der Waals surface area contributed by atoms with Gasteiger partial charge in [0.25, 0.3) is 0 Å². The Morgan fingerprint density at radius 2 is 2.17 bits per heavy atom. The third kappa shape index (κ3) is 0.704. The van der Waals surface area contributed by atoms with Crippen LogP contribution in [0.2, 0.25) is 0 Å². The van der Waals surface area contributed by atoms with E-state index in [1.165, 1.54) is 7.11 Å². The summed E-state index contributed by atoms with van der Waals surface area (Å²) in [7, 11) is 1.34. The monoisotopic (exact) mass is 314 g/mol. The molecular weight excluding hydrogens is 300 g/mol. The van der Waals surface area contributed by atoms with Crippen LogP contribution >= 0.6 is 15.9 Å². The number of aliphatic hydroxyl groups is 1. The Bertz CT molecular complexity index is 519. The maximum absolute atomic E-state index is 12.5. The van der Waals surface area contributed by atoms with Gasteiger partial charge in [-0.2, -0.15) is 0 Å². The molecule has 1 N–H and O–H groups in total. The molecule has 6 rings (SSSR count). The van der Waals surface area contributed by atoms with Gasteiger partial charge in [0.2, 0.25) is 0 Å². The normalized spacial score (nSPS) is 63.0. The lowest BCUT2D eigenvalue weighted by molar-refractivity contribution is -0.188. The van der Waals surface area contributed by atoms with Gasteiger partial charge in [0, 0.05) is 5.92 Å². The van der Waals surface area contributed by atoms with Crippen LogP contribution in [0.5, 0.6) is 0 Å². The van der Waals surface area contributed by atoms with E-state index in [4.69, 9.17) is 4.74 Å². The molecule has 4 nitrogen and oxygen atoms in total. The standard InChI is InChI=1S/C13H15BrO4/c1-10-3-4-12(17)11(14,5-10)8(15)6-7(10)13(6,12)9(16)18-2/h6-7,17H,3-5H2,1-2H3/t6-,7+,10-,11-,12-,13+/m1/s1. The highest BCUT2D eigenvalue weighted by Gasteiger charge is 2.99. The molecule has 0 aromatic carbocycles. The fourth-order valence-electron chi connectivity index (χ4n) is 5.60. The second kappa shape index (κ2) is 2.57. The minimum atomic E-state index is -1.25. The number of esters is 1. The molecule has 0 spiro atoms. The second-order valence-corrected chi connectivity index (χ2v) is 8.03. The van der Waals surface area contributed by atoms with Gasteiger partial charge in [0.1, 0.15) is 15.3 Å². The molecule has 0 aromatic rings. The zero-order valence-electron chi connectivity index (χ0n) is 10.3. The van der Waals surface area contributed by atoms with E-state index in [1.807, 2.05) is 0 Å². The van der Waals surface area contributed by atoms with E-state index in [-0.39, 0.29) is 23.0 Å². The molecule has 5 heteroatoms. The van der Waals surface area contributed by atoms with Gasteiger partial charge in [-0.05, 0) is 30.6 Å². The highest BCUT2D eigenvalue weighted by atomic mass is 79.9. The summed E-state index contributed by atoms with van der Waals surface area (Å²) in [5.41, 5.74) is -2.24. The number of carbonyl (C=O) groups excluding carboxylic acids is 2.